The predicted molar refractivity (Wildman–Crippen MR) is 96.4 cm³/mol. The highest BCUT2D eigenvalue weighted by atomic mass is 16.5. The third-order valence-electron chi connectivity index (χ3n) is 4.95. The molecular weight excluding hydrogens is 350 g/mol. The zero-order chi connectivity index (χ0) is 19.6. The summed E-state index contributed by atoms with van der Waals surface area (Å²) in [4.78, 5) is 36.7. The molecule has 1 saturated heterocycles. The van der Waals surface area contributed by atoms with Crippen LogP contribution in [0.5, 0.6) is 5.75 Å². The Bertz CT molecular complexity index is 924. The number of amides is 1. The van der Waals surface area contributed by atoms with Gasteiger partial charge in [-0.3, -0.25) is 4.79 Å². The maximum atomic E-state index is 12.4. The standard InChI is InChI=1S/C20H23NO6/c1-3-13-10-18(23)27-16-9-12(2)8-15(19(13)16)26-11-17(22)21-6-4-14(5-7-21)20(24)25/h8-10,14H,3-7,11H2,1-2H3,(H,24,25)/p-1. The molecule has 2 aromatic rings. The number of carbonyl (C=O) groups excluding carboxylic acids is 2. The molecule has 7 heteroatoms. The number of hydrogen-bond donors (Lipinski definition) is 0. The van der Waals surface area contributed by atoms with Crippen molar-refractivity contribution in [2.75, 3.05) is 19.7 Å². The second-order valence-corrected chi connectivity index (χ2v) is 6.84. The molecule has 27 heavy (non-hydrogen) atoms. The zero-order valence-electron chi connectivity index (χ0n) is 15.4. The number of carboxylic acid groups (broad SMARTS) is 1. The Labute approximate surface area is 156 Å². The van der Waals surface area contributed by atoms with Crippen LogP contribution < -0.4 is 15.5 Å². The van der Waals surface area contributed by atoms with Crippen LogP contribution in [-0.2, 0) is 16.0 Å². The molecule has 0 N–H and O–H groups in total. The van der Waals surface area contributed by atoms with Gasteiger partial charge in [-0.05, 0) is 49.4 Å². The van der Waals surface area contributed by atoms with Gasteiger partial charge in [-0.15, -0.1) is 0 Å². The van der Waals surface area contributed by atoms with E-state index in [1.54, 1.807) is 11.0 Å². The van der Waals surface area contributed by atoms with Gasteiger partial charge in [0, 0.05) is 31.0 Å². The van der Waals surface area contributed by atoms with E-state index in [2.05, 4.69) is 0 Å². The molecule has 1 aliphatic heterocycles. The Morgan fingerprint density at radius 2 is 1.96 bits per heavy atom. The number of piperidine rings is 1. The van der Waals surface area contributed by atoms with E-state index < -0.39 is 17.5 Å². The summed E-state index contributed by atoms with van der Waals surface area (Å²) in [5, 5.41) is 11.6. The molecule has 1 aromatic heterocycles. The van der Waals surface area contributed by atoms with Crippen LogP contribution in [0.25, 0.3) is 11.0 Å². The van der Waals surface area contributed by atoms with E-state index >= 15 is 0 Å². The number of aryl methyl sites for hydroxylation is 2. The summed E-state index contributed by atoms with van der Waals surface area (Å²) in [5.41, 5.74) is 1.69. The molecule has 0 bridgehead atoms. The molecule has 1 aliphatic rings. The molecule has 2 heterocycles. The van der Waals surface area contributed by atoms with Crippen LogP contribution in [0.3, 0.4) is 0 Å². The lowest BCUT2D eigenvalue weighted by Gasteiger charge is -2.32. The largest absolute Gasteiger partial charge is 0.550 e. The van der Waals surface area contributed by atoms with Crippen molar-refractivity contribution in [3.63, 3.8) is 0 Å². The van der Waals surface area contributed by atoms with Gasteiger partial charge in [-0.2, -0.15) is 0 Å². The number of rotatable bonds is 5. The van der Waals surface area contributed by atoms with Gasteiger partial charge in [0.2, 0.25) is 0 Å². The minimum Gasteiger partial charge on any atom is -0.550 e. The highest BCUT2D eigenvalue weighted by Crippen LogP contribution is 2.30. The number of benzene rings is 1. The fourth-order valence-corrected chi connectivity index (χ4v) is 3.46. The predicted octanol–water partition coefficient (Wildman–Crippen LogP) is 1.03. The van der Waals surface area contributed by atoms with Gasteiger partial charge in [0.15, 0.2) is 6.61 Å². The summed E-state index contributed by atoms with van der Waals surface area (Å²) in [6.45, 7) is 4.40. The summed E-state index contributed by atoms with van der Waals surface area (Å²) in [6, 6.07) is 5.03. The van der Waals surface area contributed by atoms with Crippen LogP contribution in [0.15, 0.2) is 27.4 Å². The first-order valence-corrected chi connectivity index (χ1v) is 9.08. The Morgan fingerprint density at radius 1 is 1.26 bits per heavy atom. The topological polar surface area (TPSA) is 99.9 Å². The first-order chi connectivity index (χ1) is 12.9. The van der Waals surface area contributed by atoms with Crippen molar-refractivity contribution in [2.24, 2.45) is 5.92 Å². The van der Waals surface area contributed by atoms with Crippen LogP contribution in [0.2, 0.25) is 0 Å². The van der Waals surface area contributed by atoms with Crippen LogP contribution in [-0.4, -0.2) is 36.5 Å². The maximum absolute atomic E-state index is 12.4. The number of aliphatic carboxylic acids is 1. The number of likely N-dealkylation sites (tertiary alicyclic amines) is 1. The molecule has 0 atom stereocenters. The average molecular weight is 372 g/mol. The summed E-state index contributed by atoms with van der Waals surface area (Å²) in [6.07, 6.45) is 1.42. The smallest absolute Gasteiger partial charge is 0.336 e. The van der Waals surface area contributed by atoms with Crippen molar-refractivity contribution < 1.29 is 23.8 Å². The average Bonchev–Trinajstić information content (AvgIpc) is 2.64. The zero-order valence-corrected chi connectivity index (χ0v) is 15.4. The van der Waals surface area contributed by atoms with E-state index in [0.717, 1.165) is 11.1 Å². The Balaban J connectivity index is 1.76. The van der Waals surface area contributed by atoms with Gasteiger partial charge < -0.3 is 24.0 Å². The molecular formula is C20H22NO6-. The summed E-state index contributed by atoms with van der Waals surface area (Å²) in [5.74, 6) is -1.25. The third-order valence-corrected chi connectivity index (χ3v) is 4.95. The Morgan fingerprint density at radius 3 is 2.59 bits per heavy atom. The normalized spacial score (nSPS) is 15.1. The van der Waals surface area contributed by atoms with E-state index in [-0.39, 0.29) is 12.5 Å². The summed E-state index contributed by atoms with van der Waals surface area (Å²) >= 11 is 0. The number of nitrogens with zero attached hydrogens (tertiary/aromatic N) is 1. The molecule has 0 unspecified atom stereocenters. The molecule has 0 saturated carbocycles. The summed E-state index contributed by atoms with van der Waals surface area (Å²) < 4.78 is 11.1. The lowest BCUT2D eigenvalue weighted by Crippen LogP contribution is -2.45. The van der Waals surface area contributed by atoms with Gasteiger partial charge in [0.05, 0.1) is 5.39 Å². The van der Waals surface area contributed by atoms with Crippen molar-refractivity contribution >= 4 is 22.8 Å². The molecule has 7 nitrogen and oxygen atoms in total. The third kappa shape index (κ3) is 4.13. The van der Waals surface area contributed by atoms with Gasteiger partial charge >= 0.3 is 5.63 Å². The summed E-state index contributed by atoms with van der Waals surface area (Å²) in [7, 11) is 0. The first kappa shape index (κ1) is 18.9. The monoisotopic (exact) mass is 372 g/mol. The maximum Gasteiger partial charge on any atom is 0.336 e. The van der Waals surface area contributed by atoms with E-state index in [1.807, 2.05) is 19.9 Å². The van der Waals surface area contributed by atoms with E-state index in [9.17, 15) is 19.5 Å². The highest BCUT2D eigenvalue weighted by Gasteiger charge is 2.24. The van der Waals surface area contributed by atoms with Gasteiger partial charge in [0.1, 0.15) is 11.3 Å². The molecule has 0 spiro atoms. The number of hydrogen-bond acceptors (Lipinski definition) is 6. The van der Waals surface area contributed by atoms with Crippen molar-refractivity contribution in [1.29, 1.82) is 0 Å². The lowest BCUT2D eigenvalue weighted by molar-refractivity contribution is -0.312. The molecule has 1 aromatic carbocycles. The molecule has 0 aliphatic carbocycles. The fraction of sp³-hybridized carbons (Fsp3) is 0.450. The van der Waals surface area contributed by atoms with Crippen LogP contribution in [0.1, 0.15) is 30.9 Å². The Kier molecular flexibility index (Phi) is 5.48. The Hall–Kier alpha value is -2.83. The number of carboxylic acids is 1. The molecule has 1 fully saturated rings. The minimum atomic E-state index is -1.06. The lowest BCUT2D eigenvalue weighted by atomic mass is 9.97. The van der Waals surface area contributed by atoms with Crippen molar-refractivity contribution in [1.82, 2.24) is 4.90 Å². The second-order valence-electron chi connectivity index (χ2n) is 6.84. The van der Waals surface area contributed by atoms with E-state index in [0.29, 0.717) is 49.1 Å². The molecule has 144 valence electrons. The second kappa shape index (κ2) is 7.82. The SMILES string of the molecule is CCc1cc(=O)oc2cc(C)cc(OCC(=O)N3CCC(C(=O)[O-])CC3)c12. The minimum absolute atomic E-state index is 0.156. The van der Waals surface area contributed by atoms with Crippen LogP contribution in [0.4, 0.5) is 0 Å². The van der Waals surface area contributed by atoms with Gasteiger partial charge in [-0.25, -0.2) is 4.79 Å². The van der Waals surface area contributed by atoms with Gasteiger partial charge in [-0.1, -0.05) is 6.92 Å². The van der Waals surface area contributed by atoms with Gasteiger partial charge in [0.25, 0.3) is 5.91 Å². The van der Waals surface area contributed by atoms with Crippen LogP contribution in [0, 0.1) is 12.8 Å². The quantitative estimate of drug-likeness (QED) is 0.727. The number of carbonyl (C=O) groups is 2. The van der Waals surface area contributed by atoms with E-state index in [4.69, 9.17) is 9.15 Å². The number of fused-ring (bicyclic) bond motifs is 1. The van der Waals surface area contributed by atoms with Crippen molar-refractivity contribution in [3.05, 3.63) is 39.7 Å². The molecule has 0 radical (unpaired) electrons. The van der Waals surface area contributed by atoms with Crippen molar-refractivity contribution in [2.45, 2.75) is 33.1 Å². The number of ether oxygens (including phenoxy) is 1. The van der Waals surface area contributed by atoms with Crippen LogP contribution >= 0.6 is 0 Å². The fourth-order valence-electron chi connectivity index (χ4n) is 3.46. The molecule has 3 rings (SSSR count). The van der Waals surface area contributed by atoms with E-state index in [1.165, 1.54) is 6.07 Å². The first-order valence-electron chi connectivity index (χ1n) is 9.08. The van der Waals surface area contributed by atoms with Crippen molar-refractivity contribution in [3.8, 4) is 5.75 Å². The molecule has 1 amide bonds. The highest BCUT2D eigenvalue weighted by molar-refractivity contribution is 5.88.